The van der Waals surface area contributed by atoms with Crippen LogP contribution in [0.25, 0.3) is 0 Å². The molecule has 0 fully saturated rings. The number of ether oxygens (including phenoxy) is 2. The molecule has 0 aliphatic rings. The number of hydrogen-bond acceptors (Lipinski definition) is 6. The highest BCUT2D eigenvalue weighted by molar-refractivity contribution is 6.12. The van der Waals surface area contributed by atoms with Gasteiger partial charge in [0.15, 0.2) is 5.78 Å². The Bertz CT molecular complexity index is 1500. The summed E-state index contributed by atoms with van der Waals surface area (Å²) in [4.78, 5) is 38.6. The maximum absolute atomic E-state index is 13.2. The SMILES string of the molecule is COC(=O)C(Cc1ccc(OCCNC(=O)C(C)(C)Cc2ccccc2)cc1)Nc1ccccc1C(=O)c1ccccc1. The maximum atomic E-state index is 13.2. The third kappa shape index (κ3) is 8.79. The molecule has 43 heavy (non-hydrogen) atoms. The van der Waals surface area contributed by atoms with Crippen LogP contribution in [0, 0.1) is 5.41 Å². The van der Waals surface area contributed by atoms with Crippen LogP contribution in [0.1, 0.15) is 40.9 Å². The smallest absolute Gasteiger partial charge is 0.328 e. The Balaban J connectivity index is 1.32. The Hall–Kier alpha value is -4.91. The second kappa shape index (κ2) is 14.8. The number of nitrogens with one attached hydrogen (secondary N) is 2. The van der Waals surface area contributed by atoms with Crippen molar-refractivity contribution in [1.29, 1.82) is 0 Å². The van der Waals surface area contributed by atoms with Crippen LogP contribution in [0.2, 0.25) is 0 Å². The van der Waals surface area contributed by atoms with E-state index in [1.165, 1.54) is 7.11 Å². The fourth-order valence-corrected chi connectivity index (χ4v) is 4.79. The summed E-state index contributed by atoms with van der Waals surface area (Å²) in [5, 5.41) is 6.19. The number of esters is 1. The number of carbonyl (C=O) groups excluding carboxylic acids is 3. The van der Waals surface area contributed by atoms with Gasteiger partial charge < -0.3 is 20.1 Å². The minimum Gasteiger partial charge on any atom is -0.492 e. The highest BCUT2D eigenvalue weighted by Crippen LogP contribution is 2.23. The van der Waals surface area contributed by atoms with Crippen molar-refractivity contribution in [3.63, 3.8) is 0 Å². The van der Waals surface area contributed by atoms with Crippen LogP contribution >= 0.6 is 0 Å². The quantitative estimate of drug-likeness (QED) is 0.110. The number of amides is 1. The van der Waals surface area contributed by atoms with Crippen LogP contribution in [0.15, 0.2) is 109 Å². The van der Waals surface area contributed by atoms with Gasteiger partial charge in [-0.15, -0.1) is 0 Å². The molecular formula is C36H38N2O5. The molecule has 4 rings (SSSR count). The van der Waals surface area contributed by atoms with Gasteiger partial charge in [0.2, 0.25) is 5.91 Å². The summed E-state index contributed by atoms with van der Waals surface area (Å²) >= 11 is 0. The van der Waals surface area contributed by atoms with E-state index in [4.69, 9.17) is 9.47 Å². The number of benzene rings is 4. The highest BCUT2D eigenvalue weighted by atomic mass is 16.5. The van der Waals surface area contributed by atoms with Gasteiger partial charge in [0.1, 0.15) is 18.4 Å². The second-order valence-electron chi connectivity index (χ2n) is 11.0. The van der Waals surface area contributed by atoms with Crippen molar-refractivity contribution in [1.82, 2.24) is 5.32 Å². The molecule has 1 atom stereocenters. The monoisotopic (exact) mass is 578 g/mol. The van der Waals surface area contributed by atoms with E-state index in [1.54, 1.807) is 30.3 Å². The number of para-hydroxylation sites is 1. The number of methoxy groups -OCH3 is 1. The molecule has 0 heterocycles. The van der Waals surface area contributed by atoms with Crippen molar-refractivity contribution in [2.45, 2.75) is 32.7 Å². The molecular weight excluding hydrogens is 540 g/mol. The number of rotatable bonds is 14. The third-order valence-corrected chi connectivity index (χ3v) is 7.15. The van der Waals surface area contributed by atoms with Crippen molar-refractivity contribution in [3.8, 4) is 5.75 Å². The van der Waals surface area contributed by atoms with Gasteiger partial charge in [-0.1, -0.05) is 98.8 Å². The van der Waals surface area contributed by atoms with E-state index in [0.717, 1.165) is 11.1 Å². The molecule has 7 heteroatoms. The molecule has 4 aromatic rings. The first-order chi connectivity index (χ1) is 20.8. The lowest BCUT2D eigenvalue weighted by atomic mass is 9.85. The van der Waals surface area contributed by atoms with E-state index in [0.29, 0.717) is 48.6 Å². The molecule has 2 N–H and O–H groups in total. The molecule has 7 nitrogen and oxygen atoms in total. The van der Waals surface area contributed by atoms with E-state index in [2.05, 4.69) is 10.6 Å². The molecule has 0 aromatic heterocycles. The molecule has 0 aliphatic carbocycles. The van der Waals surface area contributed by atoms with Crippen molar-refractivity contribution in [2.24, 2.45) is 5.41 Å². The largest absolute Gasteiger partial charge is 0.492 e. The zero-order valence-electron chi connectivity index (χ0n) is 24.8. The average molecular weight is 579 g/mol. The molecule has 1 amide bonds. The lowest BCUT2D eigenvalue weighted by Gasteiger charge is -2.23. The molecule has 0 saturated heterocycles. The van der Waals surface area contributed by atoms with Gasteiger partial charge in [-0.3, -0.25) is 9.59 Å². The molecule has 0 saturated carbocycles. The summed E-state index contributed by atoms with van der Waals surface area (Å²) in [5.41, 5.74) is 3.06. The molecule has 0 bridgehead atoms. The molecule has 0 radical (unpaired) electrons. The van der Waals surface area contributed by atoms with Crippen LogP contribution < -0.4 is 15.4 Å². The summed E-state index contributed by atoms with van der Waals surface area (Å²) in [7, 11) is 1.34. The summed E-state index contributed by atoms with van der Waals surface area (Å²) in [6.07, 6.45) is 0.992. The Morgan fingerprint density at radius 2 is 1.40 bits per heavy atom. The third-order valence-electron chi connectivity index (χ3n) is 7.15. The minimum absolute atomic E-state index is 0.0244. The van der Waals surface area contributed by atoms with Gasteiger partial charge in [-0.25, -0.2) is 4.79 Å². The van der Waals surface area contributed by atoms with Crippen molar-refractivity contribution >= 4 is 23.3 Å². The minimum atomic E-state index is -0.712. The number of hydrogen-bond donors (Lipinski definition) is 2. The Morgan fingerprint density at radius 3 is 2.07 bits per heavy atom. The second-order valence-corrected chi connectivity index (χ2v) is 11.0. The maximum Gasteiger partial charge on any atom is 0.328 e. The topological polar surface area (TPSA) is 93.7 Å². The zero-order chi connectivity index (χ0) is 30.7. The molecule has 0 spiro atoms. The van der Waals surface area contributed by atoms with Gasteiger partial charge in [0, 0.05) is 28.7 Å². The first-order valence-corrected chi connectivity index (χ1v) is 14.3. The number of anilines is 1. The van der Waals surface area contributed by atoms with E-state index in [9.17, 15) is 14.4 Å². The Morgan fingerprint density at radius 1 is 0.767 bits per heavy atom. The first-order valence-electron chi connectivity index (χ1n) is 14.3. The van der Waals surface area contributed by atoms with Gasteiger partial charge in [-0.05, 0) is 41.8 Å². The Labute approximate surface area is 253 Å². The van der Waals surface area contributed by atoms with Crippen LogP contribution in [0.4, 0.5) is 5.69 Å². The standard InChI is InChI=1S/C36H38N2O5/c1-36(2,25-27-12-6-4-7-13-27)35(41)37-22-23-43-29-20-18-26(19-21-29)24-32(34(40)42-3)38-31-17-11-10-16-30(31)33(39)28-14-8-5-9-15-28/h4-21,32,38H,22-25H2,1-3H3,(H,37,41). The van der Waals surface area contributed by atoms with Crippen LogP contribution in [-0.4, -0.2) is 44.0 Å². The predicted molar refractivity (Wildman–Crippen MR) is 168 cm³/mol. The van der Waals surface area contributed by atoms with Crippen molar-refractivity contribution < 1.29 is 23.9 Å². The normalized spacial score (nSPS) is 11.7. The van der Waals surface area contributed by atoms with Gasteiger partial charge >= 0.3 is 5.97 Å². The van der Waals surface area contributed by atoms with E-state index in [1.807, 2.05) is 92.7 Å². The molecule has 0 aliphatic heterocycles. The summed E-state index contributed by atoms with van der Waals surface area (Å²) in [5.74, 6) is 0.0598. The lowest BCUT2D eigenvalue weighted by Crippen LogP contribution is -2.40. The van der Waals surface area contributed by atoms with Crippen LogP contribution in [0.3, 0.4) is 0 Å². The number of ketones is 1. The Kier molecular flexibility index (Phi) is 10.7. The molecule has 4 aromatic carbocycles. The summed E-state index contributed by atoms with van der Waals surface area (Å²) in [6, 6.07) is 32.8. The molecule has 222 valence electrons. The van der Waals surface area contributed by atoms with E-state index < -0.39 is 17.4 Å². The summed E-state index contributed by atoms with van der Waals surface area (Å²) < 4.78 is 10.9. The summed E-state index contributed by atoms with van der Waals surface area (Å²) in [6.45, 7) is 4.58. The lowest BCUT2D eigenvalue weighted by molar-refractivity contribution is -0.141. The fraction of sp³-hybridized carbons (Fsp3) is 0.250. The first kappa shape index (κ1) is 31.0. The molecule has 1 unspecified atom stereocenters. The van der Waals surface area contributed by atoms with Crippen molar-refractivity contribution in [2.75, 3.05) is 25.6 Å². The van der Waals surface area contributed by atoms with Crippen LogP contribution in [0.5, 0.6) is 5.75 Å². The fourth-order valence-electron chi connectivity index (χ4n) is 4.79. The zero-order valence-corrected chi connectivity index (χ0v) is 24.8. The van der Waals surface area contributed by atoms with Crippen molar-refractivity contribution in [3.05, 3.63) is 131 Å². The van der Waals surface area contributed by atoms with Gasteiger partial charge in [0.05, 0.1) is 13.7 Å². The van der Waals surface area contributed by atoms with Gasteiger partial charge in [-0.2, -0.15) is 0 Å². The van der Waals surface area contributed by atoms with E-state index in [-0.39, 0.29) is 11.7 Å². The van der Waals surface area contributed by atoms with E-state index >= 15 is 0 Å². The number of carbonyl (C=O) groups is 3. The van der Waals surface area contributed by atoms with Crippen LogP contribution in [-0.2, 0) is 27.2 Å². The highest BCUT2D eigenvalue weighted by Gasteiger charge is 2.27. The predicted octanol–water partition coefficient (Wildman–Crippen LogP) is 5.88. The average Bonchev–Trinajstić information content (AvgIpc) is 3.03. The van der Waals surface area contributed by atoms with Gasteiger partial charge in [0.25, 0.3) is 0 Å².